The molecule has 0 spiro atoms. The van der Waals surface area contributed by atoms with E-state index in [1.807, 2.05) is 77.4 Å². The summed E-state index contributed by atoms with van der Waals surface area (Å²) in [7, 11) is 0. The molecule has 1 aromatic heterocycles. The zero-order valence-corrected chi connectivity index (χ0v) is 14.6. The van der Waals surface area contributed by atoms with Crippen molar-refractivity contribution >= 4 is 28.3 Å². The molecule has 3 aromatic carbocycles. The third kappa shape index (κ3) is 3.51. The highest BCUT2D eigenvalue weighted by Gasteiger charge is 2.21. The summed E-state index contributed by atoms with van der Waals surface area (Å²) in [5.74, 6) is -1.18. The summed E-state index contributed by atoms with van der Waals surface area (Å²) in [6.07, 6.45) is 1.77. The van der Waals surface area contributed by atoms with E-state index in [0.717, 1.165) is 16.5 Å². The summed E-state index contributed by atoms with van der Waals surface area (Å²) in [6.45, 7) is 0.634. The van der Waals surface area contributed by atoms with Crippen LogP contribution in [-0.4, -0.2) is 16.3 Å². The maximum atomic E-state index is 12.8. The lowest BCUT2D eigenvalue weighted by Crippen LogP contribution is -2.22. The Balaban J connectivity index is 1.67. The molecule has 0 saturated heterocycles. The van der Waals surface area contributed by atoms with E-state index in [9.17, 15) is 9.59 Å². The number of aromatic nitrogens is 1. The number of amides is 1. The number of para-hydroxylation sites is 2. The standard InChI is InChI=1S/C23H18N2O2/c26-22(23(27)24-18-11-5-2-6-12-18)20-16-25(15-17-9-3-1-4-10-17)21-14-8-7-13-19(20)21/h1-14,16H,15H2,(H,24,27). The minimum atomic E-state index is -0.635. The lowest BCUT2D eigenvalue weighted by molar-refractivity contribution is -0.112. The number of hydrogen-bond acceptors (Lipinski definition) is 2. The number of Topliss-reactive ketones (excluding diaryl/α,β-unsaturated/α-hetero) is 1. The van der Waals surface area contributed by atoms with Gasteiger partial charge in [-0.05, 0) is 23.8 Å². The second-order valence-corrected chi connectivity index (χ2v) is 6.32. The first-order valence-corrected chi connectivity index (χ1v) is 8.75. The largest absolute Gasteiger partial charge is 0.342 e. The SMILES string of the molecule is O=C(Nc1ccccc1)C(=O)c1cn(Cc2ccccc2)c2ccccc12. The van der Waals surface area contributed by atoms with Crippen LogP contribution >= 0.6 is 0 Å². The molecule has 1 heterocycles. The Bertz CT molecular complexity index is 1100. The fraction of sp³-hybridized carbons (Fsp3) is 0.0435. The molecule has 0 bridgehead atoms. The Morgan fingerprint density at radius 2 is 1.41 bits per heavy atom. The van der Waals surface area contributed by atoms with Gasteiger partial charge in [-0.1, -0.05) is 66.7 Å². The van der Waals surface area contributed by atoms with Crippen molar-refractivity contribution in [3.63, 3.8) is 0 Å². The molecule has 0 fully saturated rings. The van der Waals surface area contributed by atoms with Crippen molar-refractivity contribution in [2.24, 2.45) is 0 Å². The average Bonchev–Trinajstić information content (AvgIpc) is 3.07. The first-order valence-electron chi connectivity index (χ1n) is 8.75. The summed E-state index contributed by atoms with van der Waals surface area (Å²) in [5, 5.41) is 3.45. The highest BCUT2D eigenvalue weighted by Crippen LogP contribution is 2.23. The summed E-state index contributed by atoms with van der Waals surface area (Å²) >= 11 is 0. The van der Waals surface area contributed by atoms with Gasteiger partial charge >= 0.3 is 0 Å². The molecule has 0 atom stereocenters. The predicted octanol–water partition coefficient (Wildman–Crippen LogP) is 4.51. The molecule has 0 aliphatic rings. The highest BCUT2D eigenvalue weighted by atomic mass is 16.2. The van der Waals surface area contributed by atoms with Crippen LogP contribution < -0.4 is 5.32 Å². The molecule has 4 heteroatoms. The maximum Gasteiger partial charge on any atom is 0.296 e. The van der Waals surface area contributed by atoms with Crippen molar-refractivity contribution in [3.8, 4) is 0 Å². The van der Waals surface area contributed by atoms with Crippen molar-refractivity contribution < 1.29 is 9.59 Å². The molecule has 4 aromatic rings. The van der Waals surface area contributed by atoms with Gasteiger partial charge in [0.25, 0.3) is 11.7 Å². The molecular weight excluding hydrogens is 336 g/mol. The van der Waals surface area contributed by atoms with Crippen molar-refractivity contribution in [1.29, 1.82) is 0 Å². The average molecular weight is 354 g/mol. The molecule has 0 aliphatic heterocycles. The van der Waals surface area contributed by atoms with Crippen LogP contribution in [0.4, 0.5) is 5.69 Å². The molecular formula is C23H18N2O2. The van der Waals surface area contributed by atoms with Gasteiger partial charge in [0, 0.05) is 29.3 Å². The van der Waals surface area contributed by atoms with Gasteiger partial charge in [-0.25, -0.2) is 0 Å². The van der Waals surface area contributed by atoms with E-state index in [-0.39, 0.29) is 0 Å². The van der Waals surface area contributed by atoms with E-state index in [0.29, 0.717) is 17.8 Å². The second kappa shape index (κ2) is 7.30. The van der Waals surface area contributed by atoms with E-state index in [1.165, 1.54) is 0 Å². The van der Waals surface area contributed by atoms with Crippen molar-refractivity contribution in [3.05, 3.63) is 102 Å². The van der Waals surface area contributed by atoms with Crippen molar-refractivity contribution in [2.75, 3.05) is 5.32 Å². The molecule has 0 saturated carbocycles. The van der Waals surface area contributed by atoms with E-state index in [2.05, 4.69) is 5.32 Å². The number of nitrogens with zero attached hydrogens (tertiary/aromatic N) is 1. The molecule has 1 N–H and O–H groups in total. The van der Waals surface area contributed by atoms with Gasteiger partial charge in [0.15, 0.2) is 0 Å². The topological polar surface area (TPSA) is 51.1 Å². The summed E-state index contributed by atoms with van der Waals surface area (Å²) < 4.78 is 2.01. The summed E-state index contributed by atoms with van der Waals surface area (Å²) in [6, 6.07) is 26.7. The fourth-order valence-electron chi connectivity index (χ4n) is 3.17. The van der Waals surface area contributed by atoms with E-state index >= 15 is 0 Å². The van der Waals surface area contributed by atoms with Crippen LogP contribution in [0.5, 0.6) is 0 Å². The zero-order valence-electron chi connectivity index (χ0n) is 14.6. The Hall–Kier alpha value is -3.66. The van der Waals surface area contributed by atoms with Gasteiger partial charge in [-0.2, -0.15) is 0 Å². The number of rotatable bonds is 5. The van der Waals surface area contributed by atoms with Gasteiger partial charge in [0.05, 0.1) is 5.56 Å². The fourth-order valence-corrected chi connectivity index (χ4v) is 3.17. The van der Waals surface area contributed by atoms with Crippen molar-refractivity contribution in [2.45, 2.75) is 6.54 Å². The molecule has 4 nitrogen and oxygen atoms in total. The second-order valence-electron chi connectivity index (χ2n) is 6.32. The van der Waals surface area contributed by atoms with E-state index < -0.39 is 11.7 Å². The van der Waals surface area contributed by atoms with Gasteiger partial charge in [0.1, 0.15) is 0 Å². The number of fused-ring (bicyclic) bond motifs is 1. The minimum absolute atomic E-state index is 0.412. The van der Waals surface area contributed by atoms with Crippen LogP contribution in [-0.2, 0) is 11.3 Å². The lowest BCUT2D eigenvalue weighted by Gasteiger charge is -2.05. The maximum absolute atomic E-state index is 12.8. The third-order valence-electron chi connectivity index (χ3n) is 4.47. The zero-order chi connectivity index (χ0) is 18.6. The number of carbonyl (C=O) groups excluding carboxylic acids is 2. The number of benzene rings is 3. The predicted molar refractivity (Wildman–Crippen MR) is 107 cm³/mol. The van der Waals surface area contributed by atoms with Crippen LogP contribution in [0.3, 0.4) is 0 Å². The number of anilines is 1. The van der Waals surface area contributed by atoms with Crippen LogP contribution in [0.25, 0.3) is 10.9 Å². The first kappa shape index (κ1) is 16.8. The van der Waals surface area contributed by atoms with Gasteiger partial charge in [-0.3, -0.25) is 9.59 Å². The molecule has 1 amide bonds. The Morgan fingerprint density at radius 1 is 0.778 bits per heavy atom. The molecule has 132 valence electrons. The van der Waals surface area contributed by atoms with Gasteiger partial charge in [-0.15, -0.1) is 0 Å². The van der Waals surface area contributed by atoms with Crippen LogP contribution in [0, 0.1) is 0 Å². The smallest absolute Gasteiger partial charge is 0.296 e. The highest BCUT2D eigenvalue weighted by molar-refractivity contribution is 6.48. The Morgan fingerprint density at radius 3 is 2.15 bits per heavy atom. The molecule has 4 rings (SSSR count). The number of hydrogen-bond donors (Lipinski definition) is 1. The van der Waals surface area contributed by atoms with Crippen molar-refractivity contribution in [1.82, 2.24) is 4.57 Å². The van der Waals surface area contributed by atoms with Gasteiger partial charge < -0.3 is 9.88 Å². The monoisotopic (exact) mass is 354 g/mol. The molecule has 27 heavy (non-hydrogen) atoms. The van der Waals surface area contributed by atoms with E-state index in [1.54, 1.807) is 18.3 Å². The Kier molecular flexibility index (Phi) is 4.54. The number of ketones is 1. The van der Waals surface area contributed by atoms with Crippen LogP contribution in [0.15, 0.2) is 91.1 Å². The summed E-state index contributed by atoms with van der Waals surface area (Å²) in [5.41, 5.74) is 3.07. The normalized spacial score (nSPS) is 10.7. The minimum Gasteiger partial charge on any atom is -0.342 e. The Labute approximate surface area is 157 Å². The summed E-state index contributed by atoms with van der Waals surface area (Å²) in [4.78, 5) is 25.3. The van der Waals surface area contributed by atoms with Crippen LogP contribution in [0.2, 0.25) is 0 Å². The first-order chi connectivity index (χ1) is 13.2. The number of carbonyl (C=O) groups is 2. The molecule has 0 unspecified atom stereocenters. The quantitative estimate of drug-likeness (QED) is 0.423. The third-order valence-corrected chi connectivity index (χ3v) is 4.47. The van der Waals surface area contributed by atoms with Crippen LogP contribution in [0.1, 0.15) is 15.9 Å². The lowest BCUT2D eigenvalue weighted by atomic mass is 10.1. The molecule has 0 aliphatic carbocycles. The molecule has 0 radical (unpaired) electrons. The number of nitrogens with one attached hydrogen (secondary N) is 1. The van der Waals surface area contributed by atoms with Gasteiger partial charge in [0.2, 0.25) is 0 Å². The van der Waals surface area contributed by atoms with E-state index in [4.69, 9.17) is 0 Å².